The Balaban J connectivity index is 1.52. The molecule has 2 saturated heterocycles. The van der Waals surface area contributed by atoms with Crippen LogP contribution < -0.4 is 10.2 Å². The minimum Gasteiger partial charge on any atom is -0.356 e. The predicted molar refractivity (Wildman–Crippen MR) is 110 cm³/mol. The van der Waals surface area contributed by atoms with Crippen LogP contribution >= 0.6 is 0 Å². The van der Waals surface area contributed by atoms with E-state index in [-0.39, 0.29) is 0 Å². The van der Waals surface area contributed by atoms with Crippen LogP contribution in [0.3, 0.4) is 0 Å². The quantitative estimate of drug-likeness (QED) is 0.796. The number of likely N-dealkylation sites (tertiary alicyclic amines) is 1. The molecule has 2 aliphatic heterocycles. The number of anilines is 2. The van der Waals surface area contributed by atoms with Gasteiger partial charge in [-0.2, -0.15) is 4.98 Å². The summed E-state index contributed by atoms with van der Waals surface area (Å²) in [6.07, 6.45) is 9.61. The Morgan fingerprint density at radius 1 is 1.12 bits per heavy atom. The van der Waals surface area contributed by atoms with Crippen molar-refractivity contribution in [2.75, 3.05) is 42.9 Å². The fraction of sp³-hybridized carbons (Fsp3) is 0.810. The molecule has 146 valence electrons. The minimum atomic E-state index is 0.471. The number of rotatable bonds is 7. The SMILES string of the molecule is CCC(C)C(C)CN1CCC(Nc2nccc(N3CCCCCC3)n2)C1. The molecule has 3 atom stereocenters. The van der Waals surface area contributed by atoms with Crippen LogP contribution in [0.15, 0.2) is 12.3 Å². The molecule has 3 unspecified atom stereocenters. The number of nitrogens with one attached hydrogen (secondary N) is 1. The molecule has 1 aromatic rings. The topological polar surface area (TPSA) is 44.3 Å². The van der Waals surface area contributed by atoms with Gasteiger partial charge < -0.3 is 15.1 Å². The summed E-state index contributed by atoms with van der Waals surface area (Å²) in [6.45, 7) is 12.8. The highest BCUT2D eigenvalue weighted by Crippen LogP contribution is 2.21. The van der Waals surface area contributed by atoms with Gasteiger partial charge in [-0.05, 0) is 37.2 Å². The van der Waals surface area contributed by atoms with Gasteiger partial charge in [0.15, 0.2) is 0 Å². The van der Waals surface area contributed by atoms with E-state index < -0.39 is 0 Å². The van der Waals surface area contributed by atoms with Crippen LogP contribution in [0, 0.1) is 11.8 Å². The summed E-state index contributed by atoms with van der Waals surface area (Å²) in [4.78, 5) is 14.3. The molecule has 0 amide bonds. The third-order valence-corrected chi connectivity index (χ3v) is 6.34. The fourth-order valence-electron chi connectivity index (χ4n) is 4.18. The molecule has 5 nitrogen and oxygen atoms in total. The molecule has 2 fully saturated rings. The minimum absolute atomic E-state index is 0.471. The van der Waals surface area contributed by atoms with Gasteiger partial charge >= 0.3 is 0 Å². The summed E-state index contributed by atoms with van der Waals surface area (Å²) in [6, 6.07) is 2.53. The lowest BCUT2D eigenvalue weighted by molar-refractivity contribution is 0.237. The van der Waals surface area contributed by atoms with Gasteiger partial charge in [-0.15, -0.1) is 0 Å². The Morgan fingerprint density at radius 3 is 2.62 bits per heavy atom. The van der Waals surface area contributed by atoms with E-state index in [0.717, 1.165) is 43.2 Å². The Hall–Kier alpha value is -1.36. The largest absolute Gasteiger partial charge is 0.356 e. The monoisotopic (exact) mass is 359 g/mol. The van der Waals surface area contributed by atoms with E-state index in [1.54, 1.807) is 0 Å². The normalized spacial score (nSPS) is 24.3. The van der Waals surface area contributed by atoms with Crippen molar-refractivity contribution in [3.05, 3.63) is 12.3 Å². The lowest BCUT2D eigenvalue weighted by Gasteiger charge is -2.25. The maximum atomic E-state index is 4.81. The molecular formula is C21H37N5. The zero-order valence-corrected chi connectivity index (χ0v) is 17.0. The van der Waals surface area contributed by atoms with Crippen LogP contribution in [-0.4, -0.2) is 53.6 Å². The first-order valence-corrected chi connectivity index (χ1v) is 10.7. The lowest BCUT2D eigenvalue weighted by atomic mass is 9.93. The van der Waals surface area contributed by atoms with E-state index in [2.05, 4.69) is 46.9 Å². The summed E-state index contributed by atoms with van der Waals surface area (Å²) in [5, 5.41) is 3.59. The standard InChI is InChI=1S/C21H37N5/c1-4-17(2)18(3)15-25-14-10-19(16-25)23-21-22-11-9-20(24-21)26-12-7-5-6-8-13-26/h9,11,17-19H,4-8,10,12-16H2,1-3H3,(H,22,23,24). The number of nitrogens with zero attached hydrogens (tertiary/aromatic N) is 4. The molecule has 0 saturated carbocycles. The third kappa shape index (κ3) is 5.32. The smallest absolute Gasteiger partial charge is 0.224 e. The molecule has 0 radical (unpaired) electrons. The van der Waals surface area contributed by atoms with E-state index in [9.17, 15) is 0 Å². The Labute approximate surface area is 159 Å². The van der Waals surface area contributed by atoms with Crippen molar-refractivity contribution < 1.29 is 0 Å². The molecule has 0 bridgehead atoms. The highest BCUT2D eigenvalue weighted by molar-refractivity contribution is 5.43. The van der Waals surface area contributed by atoms with Gasteiger partial charge in [0, 0.05) is 45.0 Å². The molecule has 5 heteroatoms. The van der Waals surface area contributed by atoms with Crippen LogP contribution in [0.4, 0.5) is 11.8 Å². The molecular weight excluding hydrogens is 322 g/mol. The van der Waals surface area contributed by atoms with Crippen molar-refractivity contribution in [2.24, 2.45) is 11.8 Å². The second-order valence-corrected chi connectivity index (χ2v) is 8.39. The molecule has 3 rings (SSSR count). The highest BCUT2D eigenvalue weighted by Gasteiger charge is 2.25. The van der Waals surface area contributed by atoms with Crippen molar-refractivity contribution in [1.29, 1.82) is 0 Å². The first-order chi connectivity index (χ1) is 12.7. The van der Waals surface area contributed by atoms with E-state index in [0.29, 0.717) is 6.04 Å². The average Bonchev–Trinajstić information content (AvgIpc) is 2.92. The Kier molecular flexibility index (Phi) is 7.12. The van der Waals surface area contributed by atoms with Crippen molar-refractivity contribution >= 4 is 11.8 Å². The number of hydrogen-bond acceptors (Lipinski definition) is 5. The van der Waals surface area contributed by atoms with E-state index in [4.69, 9.17) is 4.98 Å². The van der Waals surface area contributed by atoms with Crippen molar-refractivity contribution in [3.8, 4) is 0 Å². The third-order valence-electron chi connectivity index (χ3n) is 6.34. The zero-order chi connectivity index (χ0) is 18.4. The molecule has 1 aromatic heterocycles. The van der Waals surface area contributed by atoms with Crippen molar-refractivity contribution in [2.45, 2.75) is 65.3 Å². The van der Waals surface area contributed by atoms with Gasteiger partial charge in [-0.1, -0.05) is 40.0 Å². The second-order valence-electron chi connectivity index (χ2n) is 8.39. The molecule has 1 N–H and O–H groups in total. The predicted octanol–water partition coefficient (Wildman–Crippen LogP) is 4.03. The number of hydrogen-bond donors (Lipinski definition) is 1. The Bertz CT molecular complexity index is 541. The molecule has 0 aromatic carbocycles. The summed E-state index contributed by atoms with van der Waals surface area (Å²) in [5.41, 5.74) is 0. The summed E-state index contributed by atoms with van der Waals surface area (Å²) in [5.74, 6) is 3.45. The zero-order valence-electron chi connectivity index (χ0n) is 17.0. The van der Waals surface area contributed by atoms with Crippen molar-refractivity contribution in [1.82, 2.24) is 14.9 Å². The van der Waals surface area contributed by atoms with Crippen LogP contribution in [-0.2, 0) is 0 Å². The van der Waals surface area contributed by atoms with Gasteiger partial charge in [0.1, 0.15) is 5.82 Å². The second kappa shape index (κ2) is 9.54. The molecule has 3 heterocycles. The first kappa shape index (κ1) is 19.4. The summed E-state index contributed by atoms with van der Waals surface area (Å²) < 4.78 is 0. The van der Waals surface area contributed by atoms with Crippen LogP contribution in [0.2, 0.25) is 0 Å². The van der Waals surface area contributed by atoms with Crippen molar-refractivity contribution in [3.63, 3.8) is 0 Å². The van der Waals surface area contributed by atoms with Crippen LogP contribution in [0.1, 0.15) is 59.3 Å². The van der Waals surface area contributed by atoms with Crippen LogP contribution in [0.5, 0.6) is 0 Å². The van der Waals surface area contributed by atoms with Crippen LogP contribution in [0.25, 0.3) is 0 Å². The lowest BCUT2D eigenvalue weighted by Crippen LogP contribution is -2.32. The molecule has 0 aliphatic carbocycles. The molecule has 0 spiro atoms. The molecule has 26 heavy (non-hydrogen) atoms. The van der Waals surface area contributed by atoms with E-state index >= 15 is 0 Å². The van der Waals surface area contributed by atoms with Gasteiger partial charge in [0.25, 0.3) is 0 Å². The van der Waals surface area contributed by atoms with E-state index in [1.807, 2.05) is 6.20 Å². The van der Waals surface area contributed by atoms with Gasteiger partial charge in [-0.3, -0.25) is 0 Å². The number of aromatic nitrogens is 2. The van der Waals surface area contributed by atoms with Gasteiger partial charge in [-0.25, -0.2) is 4.98 Å². The maximum absolute atomic E-state index is 4.81. The average molecular weight is 360 g/mol. The molecule has 2 aliphatic rings. The highest BCUT2D eigenvalue weighted by atomic mass is 15.3. The van der Waals surface area contributed by atoms with Gasteiger partial charge in [0.05, 0.1) is 0 Å². The van der Waals surface area contributed by atoms with E-state index in [1.165, 1.54) is 51.6 Å². The van der Waals surface area contributed by atoms with Gasteiger partial charge in [0.2, 0.25) is 5.95 Å². The summed E-state index contributed by atoms with van der Waals surface area (Å²) >= 11 is 0. The summed E-state index contributed by atoms with van der Waals surface area (Å²) in [7, 11) is 0. The Morgan fingerprint density at radius 2 is 1.88 bits per heavy atom. The fourth-order valence-corrected chi connectivity index (χ4v) is 4.18. The first-order valence-electron chi connectivity index (χ1n) is 10.7. The maximum Gasteiger partial charge on any atom is 0.224 e.